The highest BCUT2D eigenvalue weighted by atomic mass is 35.5. The molecule has 1 fully saturated rings. The molecule has 2 aliphatic rings. The summed E-state index contributed by atoms with van der Waals surface area (Å²) in [6, 6.07) is 9.01. The Bertz CT molecular complexity index is 1380. The fourth-order valence-electron chi connectivity index (χ4n) is 5.14. The first-order valence-electron chi connectivity index (χ1n) is 12.8. The van der Waals surface area contributed by atoms with Crippen LogP contribution in [-0.4, -0.2) is 58.6 Å². The summed E-state index contributed by atoms with van der Waals surface area (Å²) in [7, 11) is 0. The van der Waals surface area contributed by atoms with Crippen molar-refractivity contribution < 1.29 is 9.53 Å². The maximum atomic E-state index is 13.1. The van der Waals surface area contributed by atoms with Gasteiger partial charge in [-0.1, -0.05) is 23.7 Å². The molecule has 0 radical (unpaired) electrons. The van der Waals surface area contributed by atoms with Crippen molar-refractivity contribution in [3.63, 3.8) is 0 Å². The van der Waals surface area contributed by atoms with Crippen LogP contribution in [0.5, 0.6) is 5.75 Å². The number of fused-ring (bicyclic) bond motifs is 2. The third-order valence-corrected chi connectivity index (χ3v) is 7.39. The Morgan fingerprint density at radius 3 is 2.84 bits per heavy atom. The van der Waals surface area contributed by atoms with Gasteiger partial charge in [0.1, 0.15) is 11.4 Å². The molecule has 0 unspecified atom stereocenters. The monoisotopic (exact) mass is 524 g/mol. The van der Waals surface area contributed by atoms with Gasteiger partial charge in [0, 0.05) is 37.7 Å². The van der Waals surface area contributed by atoms with E-state index >= 15 is 0 Å². The summed E-state index contributed by atoms with van der Waals surface area (Å²) in [5.74, 6) is 0.874. The third-order valence-electron chi connectivity index (χ3n) is 7.08. The van der Waals surface area contributed by atoms with Gasteiger partial charge in [-0.15, -0.1) is 0 Å². The molecule has 1 aromatic heterocycles. The number of piperidine rings is 1. The molecule has 37 heavy (non-hydrogen) atoms. The number of carbonyl (C=O) groups is 1. The second-order valence-corrected chi connectivity index (χ2v) is 10.9. The first kappa shape index (κ1) is 25.4. The summed E-state index contributed by atoms with van der Waals surface area (Å²) in [4.78, 5) is 35.0. The van der Waals surface area contributed by atoms with Gasteiger partial charge in [0.15, 0.2) is 0 Å². The number of nitrogens with one attached hydrogen (secondary N) is 3. The molecule has 2 aliphatic heterocycles. The van der Waals surface area contributed by atoms with Gasteiger partial charge in [0.2, 0.25) is 5.95 Å². The van der Waals surface area contributed by atoms with Crippen LogP contribution in [0.25, 0.3) is 10.9 Å². The predicted octanol–water partition coefficient (Wildman–Crippen LogP) is 3.57. The molecule has 0 spiro atoms. The van der Waals surface area contributed by atoms with Crippen LogP contribution >= 0.6 is 11.6 Å². The van der Waals surface area contributed by atoms with Crippen LogP contribution in [0.15, 0.2) is 35.1 Å². The van der Waals surface area contributed by atoms with Crippen LogP contribution in [0.3, 0.4) is 0 Å². The van der Waals surface area contributed by atoms with Crippen molar-refractivity contribution in [3.8, 4) is 5.75 Å². The van der Waals surface area contributed by atoms with Gasteiger partial charge in [-0.2, -0.15) is 0 Å². The molecule has 5 N–H and O–H groups in total. The summed E-state index contributed by atoms with van der Waals surface area (Å²) < 4.78 is 6.07. The first-order valence-corrected chi connectivity index (χ1v) is 13.1. The van der Waals surface area contributed by atoms with Crippen LogP contribution in [-0.2, 0) is 6.42 Å². The fraction of sp³-hybridized carbons (Fsp3) is 0.444. The van der Waals surface area contributed by atoms with E-state index in [2.05, 4.69) is 25.5 Å². The number of amides is 1. The molecule has 0 bridgehead atoms. The fourth-order valence-corrected chi connectivity index (χ4v) is 5.36. The van der Waals surface area contributed by atoms with E-state index in [1.807, 2.05) is 32.0 Å². The van der Waals surface area contributed by atoms with Gasteiger partial charge in [-0.3, -0.25) is 14.6 Å². The van der Waals surface area contributed by atoms with Crippen molar-refractivity contribution >= 4 is 40.0 Å². The number of H-pyrrole nitrogens is 1. The molecule has 196 valence electrons. The number of nitrogen functional groups attached to an aromatic ring is 1. The summed E-state index contributed by atoms with van der Waals surface area (Å²) in [5.41, 5.74) is 8.04. The molecule has 5 rings (SSSR count). The number of likely N-dealkylation sites (tertiary alicyclic amines) is 1. The number of aromatic nitrogens is 2. The lowest BCUT2D eigenvalue weighted by Gasteiger charge is -2.32. The number of hydrogen-bond donors (Lipinski definition) is 4. The number of anilines is 2. The lowest BCUT2D eigenvalue weighted by Crippen LogP contribution is -2.45. The van der Waals surface area contributed by atoms with E-state index in [-0.39, 0.29) is 17.5 Å². The minimum atomic E-state index is -0.421. The number of benzene rings is 2. The Balaban J connectivity index is 1.09. The van der Waals surface area contributed by atoms with E-state index in [4.69, 9.17) is 22.1 Å². The van der Waals surface area contributed by atoms with Crippen molar-refractivity contribution in [2.45, 2.75) is 51.2 Å². The molecule has 0 atom stereocenters. The average Bonchev–Trinajstić information content (AvgIpc) is 3.20. The Morgan fingerprint density at radius 1 is 1.30 bits per heavy atom. The number of hydrogen-bond acceptors (Lipinski definition) is 7. The SMILES string of the molecule is CC1(C)Cc2c(N)c(Cl)cc(C(=O)NC3CCN(CCCNc4nc5ccccc5c(=O)[nH]4)CC3)c2O1. The summed E-state index contributed by atoms with van der Waals surface area (Å²) in [5, 5.41) is 7.36. The van der Waals surface area contributed by atoms with E-state index in [0.29, 0.717) is 51.8 Å². The number of nitrogens with two attached hydrogens (primary N) is 1. The normalized spacial score (nSPS) is 17.4. The predicted molar refractivity (Wildman–Crippen MR) is 147 cm³/mol. The van der Waals surface area contributed by atoms with Gasteiger partial charge in [-0.05, 0) is 57.9 Å². The Kier molecular flexibility index (Phi) is 7.00. The molecule has 0 saturated carbocycles. The minimum absolute atomic E-state index is 0.0927. The summed E-state index contributed by atoms with van der Waals surface area (Å²) in [6.07, 6.45) is 3.28. The highest BCUT2D eigenvalue weighted by molar-refractivity contribution is 6.33. The van der Waals surface area contributed by atoms with E-state index in [1.165, 1.54) is 0 Å². The van der Waals surface area contributed by atoms with Crippen molar-refractivity contribution in [3.05, 3.63) is 56.8 Å². The Labute approximate surface area is 220 Å². The smallest absolute Gasteiger partial charge is 0.260 e. The summed E-state index contributed by atoms with van der Waals surface area (Å²) in [6.45, 7) is 7.39. The van der Waals surface area contributed by atoms with E-state index in [0.717, 1.165) is 44.5 Å². The highest BCUT2D eigenvalue weighted by Crippen LogP contribution is 2.44. The zero-order valence-electron chi connectivity index (χ0n) is 21.2. The zero-order valence-corrected chi connectivity index (χ0v) is 22.0. The van der Waals surface area contributed by atoms with E-state index < -0.39 is 5.60 Å². The molecule has 0 aliphatic carbocycles. The van der Waals surface area contributed by atoms with E-state index in [1.54, 1.807) is 12.1 Å². The first-order chi connectivity index (χ1) is 17.7. The lowest BCUT2D eigenvalue weighted by molar-refractivity contribution is 0.0898. The number of rotatable bonds is 7. The molecule has 1 amide bonds. The van der Waals surface area contributed by atoms with Crippen LogP contribution in [0, 0.1) is 0 Å². The van der Waals surface area contributed by atoms with Gasteiger partial charge >= 0.3 is 0 Å². The molecule has 3 heterocycles. The highest BCUT2D eigenvalue weighted by Gasteiger charge is 2.36. The van der Waals surface area contributed by atoms with Crippen LogP contribution in [0.4, 0.5) is 11.6 Å². The van der Waals surface area contributed by atoms with Crippen molar-refractivity contribution in [1.82, 2.24) is 20.2 Å². The second-order valence-electron chi connectivity index (χ2n) is 10.5. The Morgan fingerprint density at radius 2 is 2.05 bits per heavy atom. The van der Waals surface area contributed by atoms with Gasteiger partial charge in [-0.25, -0.2) is 4.98 Å². The quantitative estimate of drug-likeness (QED) is 0.275. The number of ether oxygens (including phenoxy) is 1. The molecule has 1 saturated heterocycles. The Hall–Kier alpha value is -3.30. The largest absolute Gasteiger partial charge is 0.486 e. The molecule has 10 heteroatoms. The van der Waals surface area contributed by atoms with Crippen LogP contribution in [0.1, 0.15) is 49.0 Å². The van der Waals surface area contributed by atoms with Gasteiger partial charge < -0.3 is 26.0 Å². The molecular formula is C27H33ClN6O3. The molecule has 3 aromatic rings. The number of para-hydroxylation sites is 1. The molecular weight excluding hydrogens is 492 g/mol. The van der Waals surface area contributed by atoms with Crippen molar-refractivity contribution in [2.75, 3.05) is 37.2 Å². The number of halogens is 1. The molecule has 9 nitrogen and oxygen atoms in total. The van der Waals surface area contributed by atoms with Crippen LogP contribution in [0.2, 0.25) is 5.02 Å². The molecule has 2 aromatic carbocycles. The average molecular weight is 525 g/mol. The standard InChI is InChI=1S/C27H33ClN6O3/c1-27(2)15-19-22(29)20(28)14-18(23(19)37-27)25(36)31-16-8-12-34(13-9-16)11-5-10-30-26-32-21-7-4-3-6-17(21)24(35)33-26/h3-4,6-7,14,16H,5,8-13,15,29H2,1-2H3,(H,31,36)(H2,30,32,33,35). The van der Waals surface area contributed by atoms with Gasteiger partial charge in [0.05, 0.1) is 27.2 Å². The van der Waals surface area contributed by atoms with Crippen LogP contribution < -0.4 is 26.7 Å². The summed E-state index contributed by atoms with van der Waals surface area (Å²) >= 11 is 6.34. The minimum Gasteiger partial charge on any atom is -0.486 e. The number of carbonyl (C=O) groups excluding carboxylic acids is 1. The van der Waals surface area contributed by atoms with Gasteiger partial charge in [0.25, 0.3) is 11.5 Å². The van der Waals surface area contributed by atoms with Crippen molar-refractivity contribution in [2.24, 2.45) is 0 Å². The van der Waals surface area contributed by atoms with E-state index in [9.17, 15) is 9.59 Å². The topological polar surface area (TPSA) is 125 Å². The zero-order chi connectivity index (χ0) is 26.2. The number of aromatic amines is 1. The third kappa shape index (κ3) is 5.52. The maximum absolute atomic E-state index is 13.1. The maximum Gasteiger partial charge on any atom is 0.260 e. The lowest BCUT2D eigenvalue weighted by atomic mass is 9.98. The number of nitrogens with zero attached hydrogens (tertiary/aromatic N) is 2. The van der Waals surface area contributed by atoms with Crippen molar-refractivity contribution in [1.29, 1.82) is 0 Å². The second kappa shape index (κ2) is 10.2.